The van der Waals surface area contributed by atoms with E-state index in [0.29, 0.717) is 12.4 Å². The molecule has 0 aliphatic rings. The van der Waals surface area contributed by atoms with Crippen LogP contribution in [0.25, 0.3) is 0 Å². The molecule has 0 heterocycles. The summed E-state index contributed by atoms with van der Waals surface area (Å²) >= 11 is 0. The third-order valence-corrected chi connectivity index (χ3v) is 2.11. The molecule has 0 radical (unpaired) electrons. The predicted octanol–water partition coefficient (Wildman–Crippen LogP) is 2.81. The minimum Gasteiger partial charge on any atom is -0.494 e. The van der Waals surface area contributed by atoms with Crippen LogP contribution in [-0.2, 0) is 0 Å². The lowest BCUT2D eigenvalue weighted by atomic mass is 10.2. The highest BCUT2D eigenvalue weighted by Gasteiger charge is 2.13. The SMILES string of the molecule is C=CCCCOc1ccc([N+](=O)[O-])c(C#N)c1. The molecule has 0 aliphatic carbocycles. The molecule has 88 valence electrons. The first-order chi connectivity index (χ1) is 8.19. The number of nitrogens with zero attached hydrogens (tertiary/aromatic N) is 2. The molecule has 17 heavy (non-hydrogen) atoms. The second-order valence-corrected chi connectivity index (χ2v) is 3.33. The topological polar surface area (TPSA) is 76.2 Å². The highest BCUT2D eigenvalue weighted by Crippen LogP contribution is 2.23. The number of hydrogen-bond acceptors (Lipinski definition) is 4. The number of benzene rings is 1. The predicted molar refractivity (Wildman–Crippen MR) is 62.7 cm³/mol. The number of nitro benzene ring substituents is 1. The summed E-state index contributed by atoms with van der Waals surface area (Å²) in [6.07, 6.45) is 3.46. The largest absolute Gasteiger partial charge is 0.494 e. The van der Waals surface area contributed by atoms with Gasteiger partial charge in [0.2, 0.25) is 0 Å². The van der Waals surface area contributed by atoms with Gasteiger partial charge in [-0.15, -0.1) is 6.58 Å². The number of nitro groups is 1. The van der Waals surface area contributed by atoms with E-state index in [0.717, 1.165) is 12.8 Å². The monoisotopic (exact) mass is 232 g/mol. The van der Waals surface area contributed by atoms with Gasteiger partial charge in [0.15, 0.2) is 0 Å². The van der Waals surface area contributed by atoms with E-state index >= 15 is 0 Å². The lowest BCUT2D eigenvalue weighted by Gasteiger charge is -2.05. The quantitative estimate of drug-likeness (QED) is 0.327. The summed E-state index contributed by atoms with van der Waals surface area (Å²) in [7, 11) is 0. The molecule has 1 rings (SSSR count). The Bertz CT molecular complexity index is 463. The van der Waals surface area contributed by atoms with Crippen molar-refractivity contribution >= 4 is 5.69 Å². The van der Waals surface area contributed by atoms with Gasteiger partial charge >= 0.3 is 0 Å². The zero-order chi connectivity index (χ0) is 12.7. The van der Waals surface area contributed by atoms with Crippen LogP contribution in [0.4, 0.5) is 5.69 Å². The summed E-state index contributed by atoms with van der Waals surface area (Å²) in [5.41, 5.74) is -0.192. The first-order valence-electron chi connectivity index (χ1n) is 5.11. The van der Waals surface area contributed by atoms with E-state index < -0.39 is 4.92 Å². The second kappa shape index (κ2) is 6.28. The molecular weight excluding hydrogens is 220 g/mol. The molecule has 0 bridgehead atoms. The lowest BCUT2D eigenvalue weighted by Crippen LogP contribution is -1.98. The molecule has 5 heteroatoms. The molecular formula is C12H12N2O3. The summed E-state index contributed by atoms with van der Waals surface area (Å²) in [6.45, 7) is 4.08. The molecule has 0 aliphatic heterocycles. The maximum absolute atomic E-state index is 10.6. The molecule has 0 N–H and O–H groups in total. The van der Waals surface area contributed by atoms with Crippen molar-refractivity contribution in [1.29, 1.82) is 5.26 Å². The molecule has 0 atom stereocenters. The van der Waals surface area contributed by atoms with Crippen molar-refractivity contribution in [2.75, 3.05) is 6.61 Å². The molecule has 0 spiro atoms. The Balaban J connectivity index is 2.73. The molecule has 5 nitrogen and oxygen atoms in total. The van der Waals surface area contributed by atoms with Gasteiger partial charge in [0.05, 0.1) is 11.5 Å². The number of nitriles is 1. The fourth-order valence-electron chi connectivity index (χ4n) is 1.27. The highest BCUT2D eigenvalue weighted by molar-refractivity contribution is 5.52. The van der Waals surface area contributed by atoms with Crippen LogP contribution in [0.3, 0.4) is 0 Å². The summed E-state index contributed by atoms with van der Waals surface area (Å²) < 4.78 is 5.36. The maximum Gasteiger partial charge on any atom is 0.287 e. The van der Waals surface area contributed by atoms with E-state index in [1.165, 1.54) is 18.2 Å². The minimum atomic E-state index is -0.583. The third-order valence-electron chi connectivity index (χ3n) is 2.11. The van der Waals surface area contributed by atoms with Crippen molar-refractivity contribution in [3.63, 3.8) is 0 Å². The number of unbranched alkanes of at least 4 members (excludes halogenated alkanes) is 1. The van der Waals surface area contributed by atoms with E-state index in [9.17, 15) is 10.1 Å². The molecule has 0 aromatic heterocycles. The number of hydrogen-bond donors (Lipinski definition) is 0. The molecule has 1 aromatic rings. The fourth-order valence-corrected chi connectivity index (χ4v) is 1.27. The first-order valence-corrected chi connectivity index (χ1v) is 5.11. The average molecular weight is 232 g/mol. The number of rotatable bonds is 6. The fraction of sp³-hybridized carbons (Fsp3) is 0.250. The van der Waals surface area contributed by atoms with Crippen LogP contribution in [0.1, 0.15) is 18.4 Å². The van der Waals surface area contributed by atoms with Gasteiger partial charge in [0.25, 0.3) is 5.69 Å². The van der Waals surface area contributed by atoms with Crippen LogP contribution in [0.2, 0.25) is 0 Å². The Hall–Kier alpha value is -2.35. The van der Waals surface area contributed by atoms with Crippen LogP contribution in [0.5, 0.6) is 5.75 Å². The van der Waals surface area contributed by atoms with Crippen molar-refractivity contribution in [2.45, 2.75) is 12.8 Å². The summed E-state index contributed by atoms with van der Waals surface area (Å²) in [4.78, 5) is 10.0. The number of allylic oxidation sites excluding steroid dienone is 1. The summed E-state index contributed by atoms with van der Waals surface area (Å²) in [5, 5.41) is 19.4. The van der Waals surface area contributed by atoms with Gasteiger partial charge in [-0.1, -0.05) is 6.08 Å². The Kier molecular flexibility index (Phi) is 4.70. The maximum atomic E-state index is 10.6. The van der Waals surface area contributed by atoms with Crippen LogP contribution in [0, 0.1) is 21.4 Å². The average Bonchev–Trinajstić information content (AvgIpc) is 2.34. The normalized spacial score (nSPS) is 9.35. The standard InChI is InChI=1S/C12H12N2O3/c1-2-3-4-7-17-11-5-6-12(14(15)16)10(8-11)9-13/h2,5-6,8H,1,3-4,7H2. The second-order valence-electron chi connectivity index (χ2n) is 3.33. The van der Waals surface area contributed by atoms with Crippen LogP contribution >= 0.6 is 0 Å². The third kappa shape index (κ3) is 3.61. The molecule has 0 amide bonds. The summed E-state index contributed by atoms with van der Waals surface area (Å²) in [5.74, 6) is 0.469. The van der Waals surface area contributed by atoms with Crippen molar-refractivity contribution in [3.8, 4) is 11.8 Å². The van der Waals surface area contributed by atoms with Gasteiger partial charge in [-0.25, -0.2) is 0 Å². The van der Waals surface area contributed by atoms with Gasteiger partial charge in [-0.05, 0) is 18.9 Å². The molecule has 0 fully saturated rings. The van der Waals surface area contributed by atoms with Gasteiger partial charge in [0, 0.05) is 12.1 Å². The van der Waals surface area contributed by atoms with Gasteiger partial charge in [-0.3, -0.25) is 10.1 Å². The Morgan fingerprint density at radius 1 is 1.59 bits per heavy atom. The van der Waals surface area contributed by atoms with Crippen molar-refractivity contribution in [1.82, 2.24) is 0 Å². The smallest absolute Gasteiger partial charge is 0.287 e. The molecule has 0 unspecified atom stereocenters. The van der Waals surface area contributed by atoms with E-state index in [1.807, 2.05) is 0 Å². The highest BCUT2D eigenvalue weighted by atomic mass is 16.6. The van der Waals surface area contributed by atoms with Gasteiger partial charge < -0.3 is 4.74 Å². The van der Waals surface area contributed by atoms with E-state index in [-0.39, 0.29) is 11.3 Å². The Morgan fingerprint density at radius 3 is 2.94 bits per heavy atom. The van der Waals surface area contributed by atoms with E-state index in [1.54, 1.807) is 12.1 Å². The molecule has 0 saturated carbocycles. The van der Waals surface area contributed by atoms with Crippen LogP contribution in [0.15, 0.2) is 30.9 Å². The Labute approximate surface area is 99.1 Å². The molecule has 0 saturated heterocycles. The zero-order valence-corrected chi connectivity index (χ0v) is 9.26. The van der Waals surface area contributed by atoms with E-state index in [4.69, 9.17) is 10.00 Å². The minimum absolute atomic E-state index is 0.0104. The van der Waals surface area contributed by atoms with Crippen molar-refractivity contribution in [3.05, 3.63) is 46.5 Å². The van der Waals surface area contributed by atoms with E-state index in [2.05, 4.69) is 6.58 Å². The Morgan fingerprint density at radius 2 is 2.35 bits per heavy atom. The van der Waals surface area contributed by atoms with Crippen molar-refractivity contribution < 1.29 is 9.66 Å². The zero-order valence-electron chi connectivity index (χ0n) is 9.26. The van der Waals surface area contributed by atoms with Crippen LogP contribution in [-0.4, -0.2) is 11.5 Å². The lowest BCUT2D eigenvalue weighted by molar-refractivity contribution is -0.385. The van der Waals surface area contributed by atoms with Gasteiger partial charge in [0.1, 0.15) is 17.4 Å². The van der Waals surface area contributed by atoms with Crippen molar-refractivity contribution in [2.24, 2.45) is 0 Å². The number of ether oxygens (including phenoxy) is 1. The van der Waals surface area contributed by atoms with Gasteiger partial charge in [-0.2, -0.15) is 5.26 Å². The first kappa shape index (κ1) is 12.7. The summed E-state index contributed by atoms with van der Waals surface area (Å²) in [6, 6.07) is 5.93. The van der Waals surface area contributed by atoms with Crippen LogP contribution < -0.4 is 4.74 Å². The molecule has 1 aromatic carbocycles.